The Bertz CT molecular complexity index is 945. The number of carbonyl (C=O) groups is 1. The topological polar surface area (TPSA) is 60.5 Å². The molecule has 0 aliphatic rings. The Hall–Kier alpha value is -2.22. The molecule has 2 aromatic carbocycles. The van der Waals surface area contributed by atoms with Crippen LogP contribution >= 0.6 is 34.7 Å². The molecule has 3 rings (SSSR count). The summed E-state index contributed by atoms with van der Waals surface area (Å²) in [7, 11) is 3.20. The summed E-state index contributed by atoms with van der Waals surface area (Å²) in [5, 5.41) is 6.34. The summed E-state index contributed by atoms with van der Waals surface area (Å²) < 4.78 is 10.4. The summed E-state index contributed by atoms with van der Waals surface area (Å²) in [6.45, 7) is 0. The zero-order chi connectivity index (χ0) is 19.9. The van der Waals surface area contributed by atoms with Crippen molar-refractivity contribution < 1.29 is 14.3 Å². The largest absolute Gasteiger partial charge is 0.497 e. The molecule has 28 heavy (non-hydrogen) atoms. The van der Waals surface area contributed by atoms with Crippen LogP contribution in [0.25, 0.3) is 10.6 Å². The highest BCUT2D eigenvalue weighted by Crippen LogP contribution is 2.29. The van der Waals surface area contributed by atoms with Crippen molar-refractivity contribution in [3.63, 3.8) is 0 Å². The molecule has 0 radical (unpaired) electrons. The van der Waals surface area contributed by atoms with Crippen LogP contribution in [0.3, 0.4) is 0 Å². The van der Waals surface area contributed by atoms with Crippen LogP contribution in [0.4, 0.5) is 5.69 Å². The van der Waals surface area contributed by atoms with Crippen molar-refractivity contribution in [2.45, 2.75) is 5.75 Å². The molecule has 0 atom stereocenters. The monoisotopic (exact) mass is 434 g/mol. The lowest BCUT2D eigenvalue weighted by molar-refractivity contribution is -0.113. The minimum atomic E-state index is -0.115. The van der Waals surface area contributed by atoms with E-state index in [2.05, 4.69) is 10.3 Å². The molecular weight excluding hydrogens is 416 g/mol. The van der Waals surface area contributed by atoms with Crippen molar-refractivity contribution in [2.24, 2.45) is 0 Å². The number of amides is 1. The maximum atomic E-state index is 12.2. The number of hydrogen-bond donors (Lipinski definition) is 1. The Balaban J connectivity index is 1.52. The van der Waals surface area contributed by atoms with Gasteiger partial charge >= 0.3 is 0 Å². The summed E-state index contributed by atoms with van der Waals surface area (Å²) in [5.41, 5.74) is 2.57. The second-order valence-corrected chi connectivity index (χ2v) is 8.04. The van der Waals surface area contributed by atoms with Crippen LogP contribution in [-0.4, -0.2) is 30.9 Å². The van der Waals surface area contributed by atoms with Crippen LogP contribution < -0.4 is 14.8 Å². The minimum Gasteiger partial charge on any atom is -0.497 e. The molecule has 0 aliphatic carbocycles. The molecule has 8 heteroatoms. The van der Waals surface area contributed by atoms with E-state index in [1.807, 2.05) is 29.6 Å². The van der Waals surface area contributed by atoms with Crippen molar-refractivity contribution in [1.82, 2.24) is 4.98 Å². The van der Waals surface area contributed by atoms with Crippen molar-refractivity contribution in [1.29, 1.82) is 0 Å². The van der Waals surface area contributed by atoms with Gasteiger partial charge in [-0.2, -0.15) is 0 Å². The number of aromatic nitrogens is 1. The molecule has 0 aliphatic heterocycles. The van der Waals surface area contributed by atoms with E-state index >= 15 is 0 Å². The van der Waals surface area contributed by atoms with Crippen molar-refractivity contribution in [3.05, 3.63) is 58.6 Å². The first-order valence-electron chi connectivity index (χ1n) is 8.39. The average Bonchev–Trinajstić information content (AvgIpc) is 3.17. The molecule has 1 amide bonds. The fourth-order valence-electron chi connectivity index (χ4n) is 2.45. The van der Waals surface area contributed by atoms with E-state index in [0.717, 1.165) is 22.0 Å². The number of thioether (sulfide) groups is 1. The number of methoxy groups -OCH3 is 2. The number of thiazole rings is 1. The third-order valence-electron chi connectivity index (χ3n) is 3.81. The summed E-state index contributed by atoms with van der Waals surface area (Å²) in [5.74, 6) is 2.25. The van der Waals surface area contributed by atoms with Gasteiger partial charge in [0.2, 0.25) is 5.91 Å². The van der Waals surface area contributed by atoms with Gasteiger partial charge in [0.1, 0.15) is 16.5 Å². The zero-order valence-electron chi connectivity index (χ0n) is 15.4. The fraction of sp³-hybridized carbons (Fsp3) is 0.200. The van der Waals surface area contributed by atoms with Crippen LogP contribution in [0, 0.1) is 0 Å². The summed E-state index contributed by atoms with van der Waals surface area (Å²) in [4.78, 5) is 16.9. The first-order chi connectivity index (χ1) is 13.6. The van der Waals surface area contributed by atoms with Crippen molar-refractivity contribution in [2.75, 3.05) is 25.3 Å². The summed E-state index contributed by atoms with van der Waals surface area (Å²) >= 11 is 9.08. The molecule has 1 N–H and O–H groups in total. The number of benzene rings is 2. The SMILES string of the molecule is COc1ccc(-c2nc(CSCC(=O)Nc3cc(Cl)ccc3OC)cs2)cc1. The summed E-state index contributed by atoms with van der Waals surface area (Å²) in [6, 6.07) is 12.9. The smallest absolute Gasteiger partial charge is 0.234 e. The van der Waals surface area contributed by atoms with Gasteiger partial charge in [-0.1, -0.05) is 11.6 Å². The highest BCUT2D eigenvalue weighted by molar-refractivity contribution is 7.99. The quantitative estimate of drug-likeness (QED) is 0.517. The highest BCUT2D eigenvalue weighted by Gasteiger charge is 2.10. The third kappa shape index (κ3) is 5.41. The molecule has 0 spiro atoms. The van der Waals surface area contributed by atoms with Gasteiger partial charge in [0.05, 0.1) is 31.4 Å². The molecule has 0 unspecified atom stereocenters. The Morgan fingerprint density at radius 3 is 2.68 bits per heavy atom. The maximum absolute atomic E-state index is 12.2. The Morgan fingerprint density at radius 1 is 1.18 bits per heavy atom. The van der Waals surface area contributed by atoms with Crippen LogP contribution in [0.5, 0.6) is 11.5 Å². The second-order valence-electron chi connectivity index (χ2n) is 5.76. The lowest BCUT2D eigenvalue weighted by atomic mass is 10.2. The zero-order valence-corrected chi connectivity index (χ0v) is 17.8. The molecule has 146 valence electrons. The van der Waals surface area contributed by atoms with Crippen molar-refractivity contribution in [3.8, 4) is 22.1 Å². The van der Waals surface area contributed by atoms with E-state index in [1.165, 1.54) is 11.8 Å². The Kier molecular flexibility index (Phi) is 7.19. The van der Waals surface area contributed by atoms with E-state index in [-0.39, 0.29) is 5.91 Å². The molecule has 3 aromatic rings. The van der Waals surface area contributed by atoms with Gasteiger partial charge in [0, 0.05) is 21.7 Å². The second kappa shape index (κ2) is 9.82. The molecule has 0 saturated heterocycles. The molecule has 0 fully saturated rings. The maximum Gasteiger partial charge on any atom is 0.234 e. The van der Waals surface area contributed by atoms with E-state index in [9.17, 15) is 4.79 Å². The van der Waals surface area contributed by atoms with Gasteiger partial charge < -0.3 is 14.8 Å². The van der Waals surface area contributed by atoms with Crippen LogP contribution in [0.1, 0.15) is 5.69 Å². The standard InChI is InChI=1S/C20H19ClN2O3S2/c1-25-16-6-3-13(4-7-16)20-22-15(11-28-20)10-27-12-19(24)23-17-9-14(21)5-8-18(17)26-2/h3-9,11H,10,12H2,1-2H3,(H,23,24). The van der Waals surface area contributed by atoms with Gasteiger partial charge in [0.15, 0.2) is 0 Å². The lowest BCUT2D eigenvalue weighted by Gasteiger charge is -2.10. The molecule has 0 saturated carbocycles. The van der Waals surface area contributed by atoms with E-state index in [0.29, 0.717) is 28.0 Å². The van der Waals surface area contributed by atoms with E-state index in [4.69, 9.17) is 21.1 Å². The van der Waals surface area contributed by atoms with Gasteiger partial charge in [-0.25, -0.2) is 4.98 Å². The number of hydrogen-bond acceptors (Lipinski definition) is 6. The molecule has 1 heterocycles. The number of anilines is 1. The van der Waals surface area contributed by atoms with Crippen LogP contribution in [-0.2, 0) is 10.5 Å². The minimum absolute atomic E-state index is 0.115. The number of ether oxygens (including phenoxy) is 2. The predicted octanol–water partition coefficient (Wildman–Crippen LogP) is 5.35. The predicted molar refractivity (Wildman–Crippen MR) is 117 cm³/mol. The normalized spacial score (nSPS) is 10.5. The van der Waals surface area contributed by atoms with Gasteiger partial charge in [-0.3, -0.25) is 4.79 Å². The molecule has 1 aromatic heterocycles. The lowest BCUT2D eigenvalue weighted by Crippen LogP contribution is -2.14. The first kappa shape index (κ1) is 20.5. The third-order valence-corrected chi connectivity index (χ3v) is 5.95. The number of halogens is 1. The van der Waals surface area contributed by atoms with Crippen molar-refractivity contribution >= 4 is 46.3 Å². The highest BCUT2D eigenvalue weighted by atomic mass is 35.5. The first-order valence-corrected chi connectivity index (χ1v) is 10.8. The van der Waals surface area contributed by atoms with E-state index < -0.39 is 0 Å². The number of rotatable bonds is 8. The number of nitrogens with zero attached hydrogens (tertiary/aromatic N) is 1. The van der Waals surface area contributed by atoms with Gasteiger partial charge in [-0.05, 0) is 42.5 Å². The van der Waals surface area contributed by atoms with E-state index in [1.54, 1.807) is 43.8 Å². The number of carbonyl (C=O) groups excluding carboxylic acids is 1. The Morgan fingerprint density at radius 2 is 1.96 bits per heavy atom. The molecule has 5 nitrogen and oxygen atoms in total. The fourth-order valence-corrected chi connectivity index (χ4v) is 4.27. The average molecular weight is 435 g/mol. The Labute approximate surface area is 177 Å². The van der Waals surface area contributed by atoms with Crippen LogP contribution in [0.15, 0.2) is 47.8 Å². The van der Waals surface area contributed by atoms with Gasteiger partial charge in [-0.15, -0.1) is 23.1 Å². The summed E-state index contributed by atoms with van der Waals surface area (Å²) in [6.07, 6.45) is 0. The number of nitrogens with one attached hydrogen (secondary N) is 1. The molecular formula is C20H19ClN2O3S2. The van der Waals surface area contributed by atoms with Gasteiger partial charge in [0.25, 0.3) is 0 Å². The molecule has 0 bridgehead atoms. The van der Waals surface area contributed by atoms with Crippen LogP contribution in [0.2, 0.25) is 5.02 Å².